The normalized spacial score (nSPS) is 21.1. The second kappa shape index (κ2) is 4.33. The molecule has 1 unspecified atom stereocenters. The van der Waals surface area contributed by atoms with E-state index in [9.17, 15) is 9.59 Å². The molecule has 1 aromatic rings. The Morgan fingerprint density at radius 2 is 2.22 bits per heavy atom. The van der Waals surface area contributed by atoms with Crippen LogP contribution in [0.2, 0.25) is 0 Å². The van der Waals surface area contributed by atoms with Gasteiger partial charge in [0.15, 0.2) is 0 Å². The Kier molecular flexibility index (Phi) is 2.66. The topological polar surface area (TPSA) is 70.2 Å². The van der Waals surface area contributed by atoms with E-state index in [2.05, 4.69) is 16.0 Å². The van der Waals surface area contributed by atoms with Gasteiger partial charge < -0.3 is 16.0 Å². The van der Waals surface area contributed by atoms with Crippen molar-refractivity contribution in [2.24, 2.45) is 0 Å². The lowest BCUT2D eigenvalue weighted by atomic mass is 10.1. The molecule has 3 rings (SSSR count). The fourth-order valence-corrected chi connectivity index (χ4v) is 2.41. The molecule has 2 amide bonds. The number of benzene rings is 1. The molecule has 0 radical (unpaired) electrons. The first-order valence-electron chi connectivity index (χ1n) is 6.17. The third-order valence-corrected chi connectivity index (χ3v) is 3.39. The zero-order valence-electron chi connectivity index (χ0n) is 9.95. The van der Waals surface area contributed by atoms with E-state index in [0.29, 0.717) is 18.5 Å². The molecule has 1 atom stereocenters. The molecule has 2 aliphatic heterocycles. The smallest absolute Gasteiger partial charge is 0.251 e. The molecule has 0 spiro atoms. The molecule has 0 bridgehead atoms. The van der Waals surface area contributed by atoms with Gasteiger partial charge in [-0.05, 0) is 24.1 Å². The molecule has 18 heavy (non-hydrogen) atoms. The number of anilines is 1. The predicted molar refractivity (Wildman–Crippen MR) is 67.5 cm³/mol. The molecular formula is C13H15N3O2. The van der Waals surface area contributed by atoms with Gasteiger partial charge in [-0.1, -0.05) is 6.07 Å². The van der Waals surface area contributed by atoms with E-state index in [4.69, 9.17) is 0 Å². The van der Waals surface area contributed by atoms with E-state index >= 15 is 0 Å². The largest absolute Gasteiger partial charge is 0.384 e. The first-order valence-corrected chi connectivity index (χ1v) is 6.17. The van der Waals surface area contributed by atoms with Crippen molar-refractivity contribution in [3.05, 3.63) is 29.3 Å². The summed E-state index contributed by atoms with van der Waals surface area (Å²) in [5.74, 6) is -0.121. The van der Waals surface area contributed by atoms with E-state index in [1.807, 2.05) is 18.2 Å². The average Bonchev–Trinajstić information content (AvgIpc) is 2.96. The van der Waals surface area contributed by atoms with Crippen LogP contribution in [0.1, 0.15) is 22.3 Å². The monoisotopic (exact) mass is 245 g/mol. The summed E-state index contributed by atoms with van der Waals surface area (Å²) in [6.45, 7) is 1.45. The van der Waals surface area contributed by atoms with Crippen LogP contribution in [0.3, 0.4) is 0 Å². The maximum atomic E-state index is 12.0. The Hall–Kier alpha value is -2.04. The molecule has 1 aromatic carbocycles. The van der Waals surface area contributed by atoms with E-state index in [1.165, 1.54) is 5.56 Å². The maximum absolute atomic E-state index is 12.0. The van der Waals surface area contributed by atoms with Crippen LogP contribution in [-0.2, 0) is 11.2 Å². The van der Waals surface area contributed by atoms with E-state index < -0.39 is 0 Å². The summed E-state index contributed by atoms with van der Waals surface area (Å²) < 4.78 is 0. The summed E-state index contributed by atoms with van der Waals surface area (Å²) in [5.41, 5.74) is 2.94. The van der Waals surface area contributed by atoms with Crippen LogP contribution in [-0.4, -0.2) is 30.9 Å². The zero-order valence-corrected chi connectivity index (χ0v) is 9.95. The van der Waals surface area contributed by atoms with Gasteiger partial charge in [-0.15, -0.1) is 0 Å². The number of hydrogen-bond donors (Lipinski definition) is 3. The fourth-order valence-electron chi connectivity index (χ4n) is 2.41. The minimum atomic E-state index is -0.118. The molecule has 1 saturated heterocycles. The van der Waals surface area contributed by atoms with Crippen LogP contribution in [0.4, 0.5) is 5.69 Å². The standard InChI is InChI=1S/C13H15N3O2/c17-12-6-10(7-15-12)16-13(18)9-2-1-8-3-4-14-11(8)5-9/h1-2,5,10,14H,3-4,6-7H2,(H,15,17)(H,16,18). The molecule has 2 heterocycles. The van der Waals surface area contributed by atoms with E-state index in [1.54, 1.807) is 0 Å². The number of carbonyl (C=O) groups excluding carboxylic acids is 2. The average molecular weight is 245 g/mol. The van der Waals surface area contributed by atoms with Gasteiger partial charge >= 0.3 is 0 Å². The molecule has 2 aliphatic rings. The highest BCUT2D eigenvalue weighted by atomic mass is 16.2. The Morgan fingerprint density at radius 3 is 3.00 bits per heavy atom. The summed E-state index contributed by atoms with van der Waals surface area (Å²) in [4.78, 5) is 23.1. The van der Waals surface area contributed by atoms with Gasteiger partial charge in [0.2, 0.25) is 5.91 Å². The van der Waals surface area contributed by atoms with Gasteiger partial charge in [-0.25, -0.2) is 0 Å². The van der Waals surface area contributed by atoms with E-state index in [-0.39, 0.29) is 17.9 Å². The van der Waals surface area contributed by atoms with Gasteiger partial charge in [0.1, 0.15) is 0 Å². The van der Waals surface area contributed by atoms with Gasteiger partial charge in [0.25, 0.3) is 5.91 Å². The molecule has 0 saturated carbocycles. The number of rotatable bonds is 2. The second-order valence-electron chi connectivity index (χ2n) is 4.73. The van der Waals surface area contributed by atoms with Crippen molar-refractivity contribution in [3.8, 4) is 0 Å². The van der Waals surface area contributed by atoms with Crippen LogP contribution in [0.15, 0.2) is 18.2 Å². The van der Waals surface area contributed by atoms with Crippen LogP contribution >= 0.6 is 0 Å². The van der Waals surface area contributed by atoms with Gasteiger partial charge in [0, 0.05) is 30.8 Å². The molecule has 0 aromatic heterocycles. The van der Waals surface area contributed by atoms with Crippen molar-refractivity contribution >= 4 is 17.5 Å². The van der Waals surface area contributed by atoms with Crippen LogP contribution in [0.25, 0.3) is 0 Å². The highest BCUT2D eigenvalue weighted by molar-refractivity contribution is 5.96. The quantitative estimate of drug-likeness (QED) is 0.700. The molecule has 5 heteroatoms. The Bertz CT molecular complexity index is 513. The van der Waals surface area contributed by atoms with E-state index in [0.717, 1.165) is 18.7 Å². The van der Waals surface area contributed by atoms with Crippen LogP contribution in [0.5, 0.6) is 0 Å². The summed E-state index contributed by atoms with van der Waals surface area (Å²) in [5, 5.41) is 8.82. The van der Waals surface area contributed by atoms with Gasteiger partial charge in [-0.3, -0.25) is 9.59 Å². The van der Waals surface area contributed by atoms with Crippen LogP contribution in [0, 0.1) is 0 Å². The van der Waals surface area contributed by atoms with Gasteiger partial charge in [0.05, 0.1) is 6.04 Å². The number of carbonyl (C=O) groups is 2. The Morgan fingerprint density at radius 1 is 1.33 bits per heavy atom. The molecule has 5 nitrogen and oxygen atoms in total. The summed E-state index contributed by atoms with van der Waals surface area (Å²) >= 11 is 0. The third kappa shape index (κ3) is 2.03. The number of nitrogens with one attached hydrogen (secondary N) is 3. The lowest BCUT2D eigenvalue weighted by molar-refractivity contribution is -0.119. The first kappa shape index (κ1) is 11.1. The van der Waals surface area contributed by atoms with Crippen molar-refractivity contribution in [1.29, 1.82) is 0 Å². The van der Waals surface area contributed by atoms with Crippen molar-refractivity contribution in [1.82, 2.24) is 10.6 Å². The number of fused-ring (bicyclic) bond motifs is 1. The van der Waals surface area contributed by atoms with Crippen molar-refractivity contribution < 1.29 is 9.59 Å². The molecule has 94 valence electrons. The highest BCUT2D eigenvalue weighted by Crippen LogP contribution is 2.23. The maximum Gasteiger partial charge on any atom is 0.251 e. The zero-order chi connectivity index (χ0) is 12.5. The SMILES string of the molecule is O=C1CC(NC(=O)c2ccc3c(c2)NCC3)CN1. The molecular weight excluding hydrogens is 230 g/mol. The molecule has 0 aliphatic carbocycles. The Labute approximate surface area is 105 Å². The molecule has 1 fully saturated rings. The van der Waals surface area contributed by atoms with Crippen molar-refractivity contribution in [2.75, 3.05) is 18.4 Å². The molecule has 3 N–H and O–H groups in total. The third-order valence-electron chi connectivity index (χ3n) is 3.39. The highest BCUT2D eigenvalue weighted by Gasteiger charge is 2.23. The first-order chi connectivity index (χ1) is 8.72. The second-order valence-corrected chi connectivity index (χ2v) is 4.73. The summed E-state index contributed by atoms with van der Waals surface area (Å²) in [7, 11) is 0. The van der Waals surface area contributed by atoms with Crippen LogP contribution < -0.4 is 16.0 Å². The summed E-state index contributed by atoms with van der Waals surface area (Å²) in [6.07, 6.45) is 1.38. The fraction of sp³-hybridized carbons (Fsp3) is 0.385. The Balaban J connectivity index is 1.70. The lowest BCUT2D eigenvalue weighted by Crippen LogP contribution is -2.36. The minimum absolute atomic E-state index is 0.00378. The van der Waals surface area contributed by atoms with Crippen molar-refractivity contribution in [3.63, 3.8) is 0 Å². The van der Waals surface area contributed by atoms with Gasteiger partial charge in [-0.2, -0.15) is 0 Å². The predicted octanol–water partition coefficient (Wildman–Crippen LogP) is 0.273. The summed E-state index contributed by atoms with van der Waals surface area (Å²) in [6, 6.07) is 5.61. The lowest BCUT2D eigenvalue weighted by Gasteiger charge is -2.11. The number of amides is 2. The minimum Gasteiger partial charge on any atom is -0.384 e. The van der Waals surface area contributed by atoms with Crippen molar-refractivity contribution in [2.45, 2.75) is 18.9 Å². The number of hydrogen-bond acceptors (Lipinski definition) is 3.